The monoisotopic (exact) mass is 277 g/mol. The molecule has 0 heterocycles. The average molecular weight is 277 g/mol. The molecule has 0 atom stereocenters. The number of hydrogen-bond acceptors (Lipinski definition) is 2. The van der Waals surface area contributed by atoms with Gasteiger partial charge in [0, 0.05) is 24.7 Å². The molecule has 0 saturated carbocycles. The van der Waals surface area contributed by atoms with Gasteiger partial charge >= 0.3 is 0 Å². The van der Waals surface area contributed by atoms with Crippen LogP contribution in [-0.2, 0) is 6.54 Å². The molecular formula is C16H17F2NO. The summed E-state index contributed by atoms with van der Waals surface area (Å²) in [6.07, 6.45) is 1.07. The van der Waals surface area contributed by atoms with E-state index < -0.39 is 11.6 Å². The standard InChI is InChI=1S/C16H17F2NO/c1-2-6-19-11-12-4-3-5-15(7-12)20-16-9-13(17)8-14(18)10-16/h3-5,7-10,19H,2,6,11H2,1H3. The van der Waals surface area contributed by atoms with Crippen molar-refractivity contribution in [3.8, 4) is 11.5 Å². The molecule has 0 aliphatic rings. The summed E-state index contributed by atoms with van der Waals surface area (Å²) in [5.41, 5.74) is 1.06. The maximum absolute atomic E-state index is 13.1. The Kier molecular flexibility index (Phi) is 5.07. The molecule has 2 rings (SSSR count). The van der Waals surface area contributed by atoms with Gasteiger partial charge in [-0.1, -0.05) is 19.1 Å². The lowest BCUT2D eigenvalue weighted by Gasteiger charge is -2.08. The molecule has 1 N–H and O–H groups in total. The first-order valence-electron chi connectivity index (χ1n) is 6.61. The maximum atomic E-state index is 13.1. The van der Waals surface area contributed by atoms with Crippen LogP contribution >= 0.6 is 0 Å². The van der Waals surface area contributed by atoms with E-state index in [4.69, 9.17) is 4.74 Å². The van der Waals surface area contributed by atoms with Gasteiger partial charge < -0.3 is 10.1 Å². The van der Waals surface area contributed by atoms with Crippen LogP contribution in [0.25, 0.3) is 0 Å². The van der Waals surface area contributed by atoms with E-state index in [0.29, 0.717) is 5.75 Å². The van der Waals surface area contributed by atoms with Crippen LogP contribution in [0.5, 0.6) is 11.5 Å². The predicted octanol–water partition coefficient (Wildman–Crippen LogP) is 4.26. The first-order valence-corrected chi connectivity index (χ1v) is 6.61. The Morgan fingerprint density at radius 2 is 1.75 bits per heavy atom. The molecule has 0 aromatic heterocycles. The van der Waals surface area contributed by atoms with Crippen molar-refractivity contribution in [2.45, 2.75) is 19.9 Å². The zero-order chi connectivity index (χ0) is 14.4. The van der Waals surface area contributed by atoms with Crippen LogP contribution in [0.4, 0.5) is 8.78 Å². The number of halogens is 2. The lowest BCUT2D eigenvalue weighted by molar-refractivity contribution is 0.467. The molecule has 0 bridgehead atoms. The van der Waals surface area contributed by atoms with Crippen molar-refractivity contribution in [2.75, 3.05) is 6.54 Å². The number of ether oxygens (including phenoxy) is 1. The van der Waals surface area contributed by atoms with Gasteiger partial charge in [0.05, 0.1) is 0 Å². The van der Waals surface area contributed by atoms with Crippen molar-refractivity contribution in [1.29, 1.82) is 0 Å². The van der Waals surface area contributed by atoms with Crippen LogP contribution in [-0.4, -0.2) is 6.54 Å². The van der Waals surface area contributed by atoms with Crippen LogP contribution in [0.1, 0.15) is 18.9 Å². The third-order valence-corrected chi connectivity index (χ3v) is 2.73. The van der Waals surface area contributed by atoms with Crippen LogP contribution in [0.2, 0.25) is 0 Å². The van der Waals surface area contributed by atoms with Crippen LogP contribution in [0, 0.1) is 11.6 Å². The minimum Gasteiger partial charge on any atom is -0.457 e. The van der Waals surface area contributed by atoms with Gasteiger partial charge in [-0.25, -0.2) is 8.78 Å². The van der Waals surface area contributed by atoms with Crippen molar-refractivity contribution in [3.05, 3.63) is 59.7 Å². The lowest BCUT2D eigenvalue weighted by atomic mass is 10.2. The molecule has 0 fully saturated rings. The molecule has 20 heavy (non-hydrogen) atoms. The molecule has 2 aromatic carbocycles. The summed E-state index contributed by atoms with van der Waals surface area (Å²) >= 11 is 0. The molecule has 0 aliphatic carbocycles. The van der Waals surface area contributed by atoms with E-state index >= 15 is 0 Å². The van der Waals surface area contributed by atoms with E-state index in [1.165, 1.54) is 0 Å². The van der Waals surface area contributed by atoms with Gasteiger partial charge in [-0.3, -0.25) is 0 Å². The molecule has 0 saturated heterocycles. The Bertz CT molecular complexity index is 552. The second-order valence-electron chi connectivity index (χ2n) is 4.53. The fourth-order valence-corrected chi connectivity index (χ4v) is 1.85. The Hall–Kier alpha value is -1.94. The lowest BCUT2D eigenvalue weighted by Crippen LogP contribution is -2.13. The molecule has 0 aliphatic heterocycles. The van der Waals surface area contributed by atoms with Gasteiger partial charge in [0.1, 0.15) is 23.1 Å². The second kappa shape index (κ2) is 7.01. The first-order chi connectivity index (χ1) is 9.67. The Morgan fingerprint density at radius 1 is 1.00 bits per heavy atom. The van der Waals surface area contributed by atoms with Gasteiger partial charge in [0.25, 0.3) is 0 Å². The van der Waals surface area contributed by atoms with Gasteiger partial charge in [0.2, 0.25) is 0 Å². The van der Waals surface area contributed by atoms with Crippen LogP contribution < -0.4 is 10.1 Å². The molecule has 0 spiro atoms. The van der Waals surface area contributed by atoms with Gasteiger partial charge in [-0.15, -0.1) is 0 Å². The summed E-state index contributed by atoms with van der Waals surface area (Å²) < 4.78 is 31.7. The summed E-state index contributed by atoms with van der Waals surface area (Å²) in [5.74, 6) is -0.589. The molecule has 106 valence electrons. The maximum Gasteiger partial charge on any atom is 0.133 e. The Labute approximate surface area is 117 Å². The topological polar surface area (TPSA) is 21.3 Å². The zero-order valence-corrected chi connectivity index (χ0v) is 11.3. The molecular weight excluding hydrogens is 260 g/mol. The fourth-order valence-electron chi connectivity index (χ4n) is 1.85. The highest BCUT2D eigenvalue weighted by Crippen LogP contribution is 2.24. The largest absolute Gasteiger partial charge is 0.457 e. The second-order valence-corrected chi connectivity index (χ2v) is 4.53. The number of hydrogen-bond donors (Lipinski definition) is 1. The third-order valence-electron chi connectivity index (χ3n) is 2.73. The van der Waals surface area contributed by atoms with E-state index in [0.717, 1.165) is 43.3 Å². The highest BCUT2D eigenvalue weighted by atomic mass is 19.1. The van der Waals surface area contributed by atoms with E-state index in [-0.39, 0.29) is 5.75 Å². The Balaban J connectivity index is 2.07. The molecule has 0 radical (unpaired) electrons. The zero-order valence-electron chi connectivity index (χ0n) is 11.3. The predicted molar refractivity (Wildman–Crippen MR) is 74.9 cm³/mol. The Morgan fingerprint density at radius 3 is 2.45 bits per heavy atom. The van der Waals surface area contributed by atoms with Gasteiger partial charge in [-0.2, -0.15) is 0 Å². The molecule has 2 nitrogen and oxygen atoms in total. The van der Waals surface area contributed by atoms with Crippen molar-refractivity contribution in [2.24, 2.45) is 0 Å². The summed E-state index contributed by atoms with van der Waals surface area (Å²) in [6, 6.07) is 10.6. The number of benzene rings is 2. The summed E-state index contributed by atoms with van der Waals surface area (Å²) in [4.78, 5) is 0. The van der Waals surface area contributed by atoms with E-state index in [1.807, 2.05) is 18.2 Å². The summed E-state index contributed by atoms with van der Waals surface area (Å²) in [5, 5.41) is 3.29. The quantitative estimate of drug-likeness (QED) is 0.797. The SMILES string of the molecule is CCCNCc1cccc(Oc2cc(F)cc(F)c2)c1. The van der Waals surface area contributed by atoms with E-state index in [1.54, 1.807) is 6.07 Å². The van der Waals surface area contributed by atoms with Gasteiger partial charge in [0.15, 0.2) is 0 Å². The molecule has 4 heteroatoms. The highest BCUT2D eigenvalue weighted by molar-refractivity contribution is 5.34. The van der Waals surface area contributed by atoms with Crippen molar-refractivity contribution >= 4 is 0 Å². The third kappa shape index (κ3) is 4.31. The van der Waals surface area contributed by atoms with Crippen LogP contribution in [0.3, 0.4) is 0 Å². The first kappa shape index (κ1) is 14.5. The van der Waals surface area contributed by atoms with Crippen molar-refractivity contribution < 1.29 is 13.5 Å². The normalized spacial score (nSPS) is 10.6. The molecule has 0 amide bonds. The fraction of sp³-hybridized carbons (Fsp3) is 0.250. The molecule has 0 unspecified atom stereocenters. The smallest absolute Gasteiger partial charge is 0.133 e. The number of nitrogens with one attached hydrogen (secondary N) is 1. The van der Waals surface area contributed by atoms with Crippen molar-refractivity contribution in [1.82, 2.24) is 5.32 Å². The van der Waals surface area contributed by atoms with E-state index in [2.05, 4.69) is 12.2 Å². The summed E-state index contributed by atoms with van der Waals surface area (Å²) in [7, 11) is 0. The summed E-state index contributed by atoms with van der Waals surface area (Å²) in [6.45, 7) is 3.79. The van der Waals surface area contributed by atoms with Crippen LogP contribution in [0.15, 0.2) is 42.5 Å². The minimum atomic E-state index is -0.652. The van der Waals surface area contributed by atoms with E-state index in [9.17, 15) is 8.78 Å². The minimum absolute atomic E-state index is 0.154. The number of rotatable bonds is 6. The average Bonchev–Trinajstić information content (AvgIpc) is 2.38. The highest BCUT2D eigenvalue weighted by Gasteiger charge is 2.03. The van der Waals surface area contributed by atoms with Gasteiger partial charge in [-0.05, 0) is 30.7 Å². The van der Waals surface area contributed by atoms with Crippen molar-refractivity contribution in [3.63, 3.8) is 0 Å². The molecule has 2 aromatic rings.